The van der Waals surface area contributed by atoms with Crippen LogP contribution in [0.25, 0.3) is 0 Å². The van der Waals surface area contributed by atoms with E-state index in [4.69, 9.17) is 0 Å². The fraction of sp³-hybridized carbons (Fsp3) is 0.538. The van der Waals surface area contributed by atoms with Crippen molar-refractivity contribution < 1.29 is 5.11 Å². The zero-order chi connectivity index (χ0) is 11.5. The zero-order valence-corrected chi connectivity index (χ0v) is 11.2. The van der Waals surface area contributed by atoms with Gasteiger partial charge in [0.2, 0.25) is 0 Å². The molecule has 1 unspecified atom stereocenters. The van der Waals surface area contributed by atoms with Crippen LogP contribution >= 0.6 is 15.9 Å². The van der Waals surface area contributed by atoms with Crippen LogP contribution in [-0.4, -0.2) is 29.6 Å². The van der Waals surface area contributed by atoms with Crippen LogP contribution in [0.3, 0.4) is 0 Å². The Labute approximate surface area is 105 Å². The summed E-state index contributed by atoms with van der Waals surface area (Å²) in [7, 11) is 2.14. The molecule has 0 spiro atoms. The van der Waals surface area contributed by atoms with Crippen LogP contribution in [0.1, 0.15) is 30.9 Å². The SMILES string of the molecule is CN(CCC(O)c1cccc(Br)c1)C1CC1. The number of halogens is 1. The van der Waals surface area contributed by atoms with E-state index < -0.39 is 0 Å². The molecule has 88 valence electrons. The van der Waals surface area contributed by atoms with E-state index >= 15 is 0 Å². The van der Waals surface area contributed by atoms with Crippen LogP contribution in [-0.2, 0) is 0 Å². The summed E-state index contributed by atoms with van der Waals surface area (Å²) >= 11 is 3.42. The van der Waals surface area contributed by atoms with E-state index in [9.17, 15) is 5.11 Å². The third-order valence-corrected chi connectivity index (χ3v) is 3.65. The molecule has 2 rings (SSSR count). The fourth-order valence-electron chi connectivity index (χ4n) is 1.90. The quantitative estimate of drug-likeness (QED) is 0.898. The third kappa shape index (κ3) is 3.30. The Bertz CT molecular complexity index is 352. The topological polar surface area (TPSA) is 23.5 Å². The van der Waals surface area contributed by atoms with Gasteiger partial charge >= 0.3 is 0 Å². The summed E-state index contributed by atoms with van der Waals surface area (Å²) in [5.74, 6) is 0. The van der Waals surface area contributed by atoms with Gasteiger partial charge in [-0.2, -0.15) is 0 Å². The molecule has 0 heterocycles. The molecule has 0 bridgehead atoms. The lowest BCUT2D eigenvalue weighted by Crippen LogP contribution is -2.23. The van der Waals surface area contributed by atoms with E-state index in [2.05, 4.69) is 27.9 Å². The number of hydrogen-bond acceptors (Lipinski definition) is 2. The van der Waals surface area contributed by atoms with Crippen molar-refractivity contribution in [1.82, 2.24) is 4.90 Å². The Kier molecular flexibility index (Phi) is 4.00. The van der Waals surface area contributed by atoms with Crippen molar-refractivity contribution in [3.05, 3.63) is 34.3 Å². The van der Waals surface area contributed by atoms with Gasteiger partial charge in [0.25, 0.3) is 0 Å². The van der Waals surface area contributed by atoms with Crippen molar-refractivity contribution in [3.63, 3.8) is 0 Å². The van der Waals surface area contributed by atoms with Crippen molar-refractivity contribution >= 4 is 15.9 Å². The lowest BCUT2D eigenvalue weighted by Gasteiger charge is -2.18. The maximum absolute atomic E-state index is 10.0. The molecule has 1 aliphatic carbocycles. The monoisotopic (exact) mass is 283 g/mol. The molecule has 2 nitrogen and oxygen atoms in total. The van der Waals surface area contributed by atoms with Gasteiger partial charge in [0.05, 0.1) is 6.10 Å². The summed E-state index contributed by atoms with van der Waals surface area (Å²) in [6.45, 7) is 0.971. The van der Waals surface area contributed by atoms with Crippen molar-refractivity contribution in [3.8, 4) is 0 Å². The van der Waals surface area contributed by atoms with E-state index in [1.165, 1.54) is 12.8 Å². The Morgan fingerprint density at radius 3 is 2.88 bits per heavy atom. The van der Waals surface area contributed by atoms with Gasteiger partial charge < -0.3 is 10.0 Å². The van der Waals surface area contributed by atoms with E-state index in [1.807, 2.05) is 24.3 Å². The molecular weight excluding hydrogens is 266 g/mol. The average Bonchev–Trinajstić information content (AvgIpc) is 3.09. The second-order valence-corrected chi connectivity index (χ2v) is 5.49. The molecule has 1 atom stereocenters. The highest BCUT2D eigenvalue weighted by molar-refractivity contribution is 9.10. The molecule has 1 aliphatic rings. The molecule has 0 aliphatic heterocycles. The van der Waals surface area contributed by atoms with Crippen LogP contribution in [0.2, 0.25) is 0 Å². The highest BCUT2D eigenvalue weighted by Gasteiger charge is 2.26. The minimum Gasteiger partial charge on any atom is -0.388 e. The summed E-state index contributed by atoms with van der Waals surface area (Å²) < 4.78 is 1.03. The molecule has 1 N–H and O–H groups in total. The van der Waals surface area contributed by atoms with Crippen LogP contribution < -0.4 is 0 Å². The molecule has 3 heteroatoms. The van der Waals surface area contributed by atoms with Crippen LogP contribution in [0.4, 0.5) is 0 Å². The Morgan fingerprint density at radius 2 is 2.25 bits per heavy atom. The second-order valence-electron chi connectivity index (χ2n) is 4.57. The van der Waals surface area contributed by atoms with E-state index in [-0.39, 0.29) is 6.10 Å². The van der Waals surface area contributed by atoms with Crippen molar-refractivity contribution in [2.24, 2.45) is 0 Å². The largest absolute Gasteiger partial charge is 0.388 e. The lowest BCUT2D eigenvalue weighted by molar-refractivity contribution is 0.147. The molecular formula is C13H18BrNO. The normalized spacial score (nSPS) is 17.8. The molecule has 0 saturated heterocycles. The second kappa shape index (κ2) is 5.30. The number of benzene rings is 1. The molecule has 0 radical (unpaired) electrons. The predicted octanol–water partition coefficient (Wildman–Crippen LogP) is 2.97. The third-order valence-electron chi connectivity index (χ3n) is 3.16. The molecule has 1 fully saturated rings. The first kappa shape index (κ1) is 12.1. The maximum Gasteiger partial charge on any atom is 0.0802 e. The Hall–Kier alpha value is -0.380. The number of aliphatic hydroxyl groups excluding tert-OH is 1. The first-order chi connectivity index (χ1) is 7.66. The predicted molar refractivity (Wildman–Crippen MR) is 69.4 cm³/mol. The standard InChI is InChI=1S/C13H18BrNO/c1-15(12-5-6-12)8-7-13(16)10-3-2-4-11(14)9-10/h2-4,9,12-13,16H,5-8H2,1H3. The molecule has 1 saturated carbocycles. The minimum atomic E-state index is -0.348. The Balaban J connectivity index is 1.84. The number of hydrogen-bond donors (Lipinski definition) is 1. The van der Waals surface area contributed by atoms with Crippen LogP contribution in [0.5, 0.6) is 0 Å². The van der Waals surface area contributed by atoms with Crippen molar-refractivity contribution in [2.45, 2.75) is 31.4 Å². The smallest absolute Gasteiger partial charge is 0.0802 e. The average molecular weight is 284 g/mol. The minimum absolute atomic E-state index is 0.348. The summed E-state index contributed by atoms with van der Waals surface area (Å²) in [6, 6.07) is 8.68. The van der Waals surface area contributed by atoms with E-state index in [0.29, 0.717) is 0 Å². The fourth-order valence-corrected chi connectivity index (χ4v) is 2.32. The highest BCUT2D eigenvalue weighted by Crippen LogP contribution is 2.27. The lowest BCUT2D eigenvalue weighted by atomic mass is 10.1. The molecule has 1 aromatic rings. The Morgan fingerprint density at radius 1 is 1.50 bits per heavy atom. The van der Waals surface area contributed by atoms with Crippen molar-refractivity contribution in [1.29, 1.82) is 0 Å². The van der Waals surface area contributed by atoms with Gasteiger partial charge in [0, 0.05) is 17.1 Å². The van der Waals surface area contributed by atoms with Gasteiger partial charge in [-0.05, 0) is 44.0 Å². The summed E-state index contributed by atoms with van der Waals surface area (Å²) in [4.78, 5) is 2.35. The summed E-state index contributed by atoms with van der Waals surface area (Å²) in [5, 5.41) is 10.0. The van der Waals surface area contributed by atoms with Crippen LogP contribution in [0.15, 0.2) is 28.7 Å². The maximum atomic E-state index is 10.0. The van der Waals surface area contributed by atoms with E-state index in [1.54, 1.807) is 0 Å². The molecule has 0 aromatic heterocycles. The van der Waals surface area contributed by atoms with Gasteiger partial charge in [-0.25, -0.2) is 0 Å². The first-order valence-electron chi connectivity index (χ1n) is 5.80. The summed E-state index contributed by atoms with van der Waals surface area (Å²) in [5.41, 5.74) is 0.999. The van der Waals surface area contributed by atoms with Gasteiger partial charge in [-0.3, -0.25) is 0 Å². The zero-order valence-electron chi connectivity index (χ0n) is 9.56. The summed E-state index contributed by atoms with van der Waals surface area (Å²) in [6.07, 6.45) is 3.11. The number of rotatable bonds is 5. The first-order valence-corrected chi connectivity index (χ1v) is 6.60. The highest BCUT2D eigenvalue weighted by atomic mass is 79.9. The van der Waals surface area contributed by atoms with E-state index in [0.717, 1.165) is 29.0 Å². The number of nitrogens with zero attached hydrogens (tertiary/aromatic N) is 1. The van der Waals surface area contributed by atoms with Crippen molar-refractivity contribution in [2.75, 3.05) is 13.6 Å². The van der Waals surface area contributed by atoms with Gasteiger partial charge in [0.15, 0.2) is 0 Å². The van der Waals surface area contributed by atoms with Gasteiger partial charge in [-0.15, -0.1) is 0 Å². The molecule has 0 amide bonds. The van der Waals surface area contributed by atoms with Gasteiger partial charge in [-0.1, -0.05) is 28.1 Å². The number of aliphatic hydroxyl groups is 1. The molecule has 1 aromatic carbocycles. The molecule has 16 heavy (non-hydrogen) atoms. The van der Waals surface area contributed by atoms with Crippen LogP contribution in [0, 0.1) is 0 Å². The van der Waals surface area contributed by atoms with Gasteiger partial charge in [0.1, 0.15) is 0 Å².